The first-order chi connectivity index (χ1) is 8.99. The molecule has 0 fully saturated rings. The largest absolute Gasteiger partial charge is 0.384 e. The fourth-order valence-electron chi connectivity index (χ4n) is 1.57. The Labute approximate surface area is 123 Å². The van der Waals surface area contributed by atoms with Crippen LogP contribution in [-0.2, 0) is 13.6 Å². The van der Waals surface area contributed by atoms with E-state index in [1.165, 1.54) is 22.9 Å². The lowest BCUT2D eigenvalue weighted by molar-refractivity contribution is 0.0950. The summed E-state index contributed by atoms with van der Waals surface area (Å²) in [7, 11) is 1.73. The molecule has 19 heavy (non-hydrogen) atoms. The number of anilines is 1. The molecule has 1 aromatic heterocycles. The molecule has 7 heteroatoms. The fourth-order valence-corrected chi connectivity index (χ4v) is 2.30. The number of nitrogens with one attached hydrogen (secondary N) is 1. The van der Waals surface area contributed by atoms with Crippen molar-refractivity contribution < 1.29 is 9.18 Å². The van der Waals surface area contributed by atoms with Gasteiger partial charge in [-0.25, -0.2) is 4.39 Å². The fraction of sp³-hybridized carbons (Fsp3) is 0.167. The van der Waals surface area contributed by atoms with E-state index in [0.29, 0.717) is 15.0 Å². The molecule has 0 saturated carbocycles. The molecule has 1 amide bonds. The Morgan fingerprint density at radius 3 is 2.89 bits per heavy atom. The number of nitrogen functional groups attached to an aromatic ring is 1. The lowest BCUT2D eigenvalue weighted by atomic mass is 10.2. The zero-order chi connectivity index (χ0) is 14.0. The van der Waals surface area contributed by atoms with Gasteiger partial charge >= 0.3 is 0 Å². The number of nitrogens with zero attached hydrogens (tertiary/aromatic N) is 2. The van der Waals surface area contributed by atoms with Gasteiger partial charge < -0.3 is 11.1 Å². The summed E-state index contributed by atoms with van der Waals surface area (Å²) in [5.74, 6) is -0.126. The van der Waals surface area contributed by atoms with E-state index < -0.39 is 0 Å². The molecule has 0 bridgehead atoms. The van der Waals surface area contributed by atoms with Crippen molar-refractivity contribution in [3.63, 3.8) is 0 Å². The number of aryl methyl sites for hydroxylation is 1. The van der Waals surface area contributed by atoms with Crippen LogP contribution in [0.15, 0.2) is 24.4 Å². The molecule has 5 nitrogen and oxygen atoms in total. The van der Waals surface area contributed by atoms with Crippen LogP contribution in [0.3, 0.4) is 0 Å². The molecule has 0 aliphatic heterocycles. The van der Waals surface area contributed by atoms with Crippen LogP contribution in [0.4, 0.5) is 10.2 Å². The van der Waals surface area contributed by atoms with Crippen LogP contribution in [0.25, 0.3) is 0 Å². The number of hydrogen-bond donors (Lipinski definition) is 2. The molecular weight excluding hydrogens is 362 g/mol. The minimum Gasteiger partial charge on any atom is -0.384 e. The normalized spacial score (nSPS) is 10.5. The topological polar surface area (TPSA) is 72.9 Å². The van der Waals surface area contributed by atoms with Crippen molar-refractivity contribution in [2.75, 3.05) is 5.73 Å². The number of aromatic nitrogens is 2. The van der Waals surface area contributed by atoms with Gasteiger partial charge in [0.2, 0.25) is 0 Å². The van der Waals surface area contributed by atoms with Gasteiger partial charge in [-0.15, -0.1) is 0 Å². The molecule has 0 radical (unpaired) electrons. The van der Waals surface area contributed by atoms with E-state index in [-0.39, 0.29) is 18.3 Å². The van der Waals surface area contributed by atoms with Gasteiger partial charge in [-0.05, 0) is 40.8 Å². The lowest BCUT2D eigenvalue weighted by Crippen LogP contribution is -2.24. The van der Waals surface area contributed by atoms with E-state index in [1.54, 1.807) is 13.2 Å². The Morgan fingerprint density at radius 1 is 1.58 bits per heavy atom. The van der Waals surface area contributed by atoms with Gasteiger partial charge in [-0.2, -0.15) is 5.10 Å². The summed E-state index contributed by atoms with van der Waals surface area (Å²) < 4.78 is 15.0. The average Bonchev–Trinajstić information content (AvgIpc) is 2.67. The summed E-state index contributed by atoms with van der Waals surface area (Å²) >= 11 is 1.92. The van der Waals surface area contributed by atoms with E-state index in [4.69, 9.17) is 5.73 Å². The molecule has 3 N–H and O–H groups in total. The Kier molecular flexibility index (Phi) is 4.03. The molecule has 0 saturated heterocycles. The summed E-state index contributed by atoms with van der Waals surface area (Å²) in [6.45, 7) is 0.284. The van der Waals surface area contributed by atoms with Crippen molar-refractivity contribution in [2.45, 2.75) is 6.54 Å². The molecule has 2 aromatic rings. The number of carbonyl (C=O) groups excluding carboxylic acids is 1. The third-order valence-electron chi connectivity index (χ3n) is 2.68. The summed E-state index contributed by atoms with van der Waals surface area (Å²) in [6.07, 6.45) is 1.60. The van der Waals surface area contributed by atoms with E-state index in [0.717, 1.165) is 5.56 Å². The molecule has 100 valence electrons. The predicted molar refractivity (Wildman–Crippen MR) is 77.9 cm³/mol. The van der Waals surface area contributed by atoms with Gasteiger partial charge in [-0.3, -0.25) is 9.48 Å². The summed E-state index contributed by atoms with van der Waals surface area (Å²) in [6, 6.07) is 4.03. The second-order valence-electron chi connectivity index (χ2n) is 3.99. The zero-order valence-electron chi connectivity index (χ0n) is 10.2. The second kappa shape index (κ2) is 5.55. The minimum atomic E-state index is -0.363. The number of hydrogen-bond acceptors (Lipinski definition) is 3. The van der Waals surface area contributed by atoms with E-state index in [9.17, 15) is 9.18 Å². The highest BCUT2D eigenvalue weighted by Gasteiger charge is 2.12. The zero-order valence-corrected chi connectivity index (χ0v) is 12.3. The van der Waals surface area contributed by atoms with Crippen molar-refractivity contribution >= 4 is 34.3 Å². The molecule has 0 unspecified atom stereocenters. The molecule has 0 aliphatic carbocycles. The Bertz CT molecular complexity index is 626. The Balaban J connectivity index is 2.07. The quantitative estimate of drug-likeness (QED) is 0.803. The maximum absolute atomic E-state index is 13.0. The highest BCUT2D eigenvalue weighted by Crippen LogP contribution is 2.14. The average molecular weight is 374 g/mol. The molecule has 0 atom stereocenters. The third kappa shape index (κ3) is 3.03. The number of nitrogens with two attached hydrogens (primary N) is 1. The summed E-state index contributed by atoms with van der Waals surface area (Å²) in [4.78, 5) is 12.0. The molecule has 1 aromatic carbocycles. The maximum Gasteiger partial charge on any atom is 0.252 e. The highest BCUT2D eigenvalue weighted by molar-refractivity contribution is 14.1. The second-order valence-corrected chi connectivity index (χ2v) is 5.15. The molecule has 0 aliphatic rings. The van der Waals surface area contributed by atoms with Crippen molar-refractivity contribution in [3.8, 4) is 0 Å². The third-order valence-corrected chi connectivity index (χ3v) is 3.57. The number of rotatable bonds is 3. The van der Waals surface area contributed by atoms with Crippen LogP contribution in [0.5, 0.6) is 0 Å². The van der Waals surface area contributed by atoms with Gasteiger partial charge in [0.15, 0.2) is 0 Å². The summed E-state index contributed by atoms with van der Waals surface area (Å²) in [5, 5.41) is 6.72. The SMILES string of the molecule is Cn1ncc(CNC(=O)c2ccc(F)cc2I)c1N. The van der Waals surface area contributed by atoms with E-state index >= 15 is 0 Å². The van der Waals surface area contributed by atoms with Gasteiger partial charge in [0.05, 0.1) is 11.8 Å². The van der Waals surface area contributed by atoms with Crippen LogP contribution in [0.1, 0.15) is 15.9 Å². The Hall–Kier alpha value is -1.64. The molecule has 0 spiro atoms. The van der Waals surface area contributed by atoms with E-state index in [1.807, 2.05) is 22.6 Å². The van der Waals surface area contributed by atoms with Crippen molar-refractivity contribution in [1.82, 2.24) is 15.1 Å². The van der Waals surface area contributed by atoms with Crippen molar-refractivity contribution in [2.24, 2.45) is 7.05 Å². The first-order valence-electron chi connectivity index (χ1n) is 5.48. The minimum absolute atomic E-state index is 0.271. The Morgan fingerprint density at radius 2 is 2.32 bits per heavy atom. The first kappa shape index (κ1) is 13.8. The van der Waals surface area contributed by atoms with Crippen LogP contribution in [-0.4, -0.2) is 15.7 Å². The number of halogens is 2. The van der Waals surface area contributed by atoms with Crippen molar-refractivity contribution in [3.05, 3.63) is 44.9 Å². The lowest BCUT2D eigenvalue weighted by Gasteiger charge is -2.06. The molecule has 2 rings (SSSR count). The molecule has 1 heterocycles. The van der Waals surface area contributed by atoms with E-state index in [2.05, 4.69) is 10.4 Å². The monoisotopic (exact) mass is 374 g/mol. The number of benzene rings is 1. The van der Waals surface area contributed by atoms with Crippen LogP contribution in [0.2, 0.25) is 0 Å². The van der Waals surface area contributed by atoms with Crippen LogP contribution < -0.4 is 11.1 Å². The number of carbonyl (C=O) groups is 1. The van der Waals surface area contributed by atoms with Gasteiger partial charge in [0, 0.05) is 22.7 Å². The van der Waals surface area contributed by atoms with Crippen LogP contribution >= 0.6 is 22.6 Å². The van der Waals surface area contributed by atoms with Gasteiger partial charge in [0.1, 0.15) is 11.6 Å². The van der Waals surface area contributed by atoms with Crippen LogP contribution in [0, 0.1) is 9.39 Å². The summed E-state index contributed by atoms with van der Waals surface area (Å²) in [5.41, 5.74) is 6.95. The standard InChI is InChI=1S/C12H12FIN4O/c1-18-11(15)7(6-17-18)5-16-12(19)9-3-2-8(13)4-10(9)14/h2-4,6H,5,15H2,1H3,(H,16,19). The molecular formula is C12H12FIN4O. The number of amides is 1. The van der Waals surface area contributed by atoms with Gasteiger partial charge in [0.25, 0.3) is 5.91 Å². The smallest absolute Gasteiger partial charge is 0.252 e. The predicted octanol–water partition coefficient (Wildman–Crippen LogP) is 1.68. The first-order valence-corrected chi connectivity index (χ1v) is 6.56. The van der Waals surface area contributed by atoms with Gasteiger partial charge in [-0.1, -0.05) is 0 Å². The maximum atomic E-state index is 13.0. The van der Waals surface area contributed by atoms with Crippen molar-refractivity contribution in [1.29, 1.82) is 0 Å². The highest BCUT2D eigenvalue weighted by atomic mass is 127.